The molecule has 1 N–H and O–H groups in total. The van der Waals surface area contributed by atoms with Gasteiger partial charge in [-0.05, 0) is 31.9 Å². The van der Waals surface area contributed by atoms with Gasteiger partial charge in [0.1, 0.15) is 5.69 Å². The number of pyridine rings is 1. The molecule has 0 aliphatic heterocycles. The van der Waals surface area contributed by atoms with Crippen LogP contribution >= 0.6 is 0 Å². The first-order chi connectivity index (χ1) is 8.61. The first kappa shape index (κ1) is 11.0. The summed E-state index contributed by atoms with van der Waals surface area (Å²) in [5, 5.41) is 9.95. The van der Waals surface area contributed by atoms with E-state index in [4.69, 9.17) is 0 Å². The lowest BCUT2D eigenvalue weighted by Crippen LogP contribution is -2.21. The molecule has 3 rings (SSSR count). The highest BCUT2D eigenvalue weighted by atomic mass is 16.4. The molecule has 0 radical (unpaired) electrons. The van der Waals surface area contributed by atoms with Gasteiger partial charge in [0.15, 0.2) is 5.43 Å². The van der Waals surface area contributed by atoms with Crippen LogP contribution in [0.3, 0.4) is 0 Å². The maximum absolute atomic E-state index is 12.2. The van der Waals surface area contributed by atoms with E-state index in [2.05, 4.69) is 0 Å². The third-order valence-electron chi connectivity index (χ3n) is 3.46. The molecule has 1 aliphatic rings. The fourth-order valence-corrected chi connectivity index (χ4v) is 2.46. The van der Waals surface area contributed by atoms with Gasteiger partial charge in [0.2, 0.25) is 0 Å². The minimum atomic E-state index is -1.03. The number of carboxylic acids is 1. The quantitative estimate of drug-likeness (QED) is 0.880. The van der Waals surface area contributed by atoms with Crippen LogP contribution in [0.25, 0.3) is 10.9 Å². The van der Waals surface area contributed by atoms with E-state index in [1.807, 2.05) is 16.7 Å². The predicted octanol–water partition coefficient (Wildman–Crippen LogP) is 2.34. The van der Waals surface area contributed by atoms with Gasteiger partial charge in [0.25, 0.3) is 0 Å². The number of carbonyl (C=O) groups is 1. The molecule has 4 heteroatoms. The molecule has 0 bridgehead atoms. The Morgan fingerprint density at radius 1 is 1.33 bits per heavy atom. The zero-order chi connectivity index (χ0) is 12.9. The highest BCUT2D eigenvalue weighted by Gasteiger charge is 2.30. The number of aromatic nitrogens is 1. The molecule has 1 aromatic heterocycles. The summed E-state index contributed by atoms with van der Waals surface area (Å²) in [6.45, 7) is 1.59. The number of carboxylic acid groups (broad SMARTS) is 1. The number of aromatic carboxylic acids is 1. The van der Waals surface area contributed by atoms with Crippen molar-refractivity contribution < 1.29 is 9.90 Å². The van der Waals surface area contributed by atoms with E-state index in [-0.39, 0.29) is 17.2 Å². The highest BCUT2D eigenvalue weighted by molar-refractivity contribution is 5.92. The van der Waals surface area contributed by atoms with Gasteiger partial charge in [0.05, 0.1) is 5.52 Å². The number of nitrogens with zero attached hydrogens (tertiary/aromatic N) is 1. The third kappa shape index (κ3) is 1.45. The lowest BCUT2D eigenvalue weighted by Gasteiger charge is -2.15. The summed E-state index contributed by atoms with van der Waals surface area (Å²) in [6.07, 6.45) is 1.96. The van der Waals surface area contributed by atoms with E-state index in [1.165, 1.54) is 0 Å². The van der Waals surface area contributed by atoms with Crippen molar-refractivity contribution in [3.05, 3.63) is 45.7 Å². The largest absolute Gasteiger partial charge is 0.477 e. The van der Waals surface area contributed by atoms with Crippen LogP contribution in [0.5, 0.6) is 0 Å². The molecule has 0 spiro atoms. The average Bonchev–Trinajstić information content (AvgIpc) is 3.17. The normalized spacial score (nSPS) is 14.9. The van der Waals surface area contributed by atoms with Gasteiger partial charge in [0, 0.05) is 17.0 Å². The number of benzene rings is 1. The Bertz CT molecular complexity index is 711. The lowest BCUT2D eigenvalue weighted by atomic mass is 10.1. The second-order valence-electron chi connectivity index (χ2n) is 4.73. The maximum atomic E-state index is 12.2. The highest BCUT2D eigenvalue weighted by Crippen LogP contribution is 2.38. The van der Waals surface area contributed by atoms with Crippen molar-refractivity contribution in [2.24, 2.45) is 0 Å². The Labute approximate surface area is 103 Å². The minimum absolute atomic E-state index is 0.140. The monoisotopic (exact) mass is 243 g/mol. The van der Waals surface area contributed by atoms with E-state index in [0.29, 0.717) is 10.9 Å². The maximum Gasteiger partial charge on any atom is 0.352 e. The Balaban J connectivity index is 2.52. The number of rotatable bonds is 2. The number of hydrogen-bond donors (Lipinski definition) is 1. The summed E-state index contributed by atoms with van der Waals surface area (Å²) < 4.78 is 1.81. The Kier molecular flexibility index (Phi) is 2.26. The van der Waals surface area contributed by atoms with Gasteiger partial charge < -0.3 is 9.67 Å². The summed E-state index contributed by atoms with van der Waals surface area (Å²) in [5.41, 5.74) is 1.02. The zero-order valence-corrected chi connectivity index (χ0v) is 10.0. The number of fused-ring (bicyclic) bond motifs is 1. The molecule has 0 saturated heterocycles. The molecule has 1 fully saturated rings. The van der Waals surface area contributed by atoms with Crippen molar-refractivity contribution in [3.63, 3.8) is 0 Å². The number of para-hydroxylation sites is 1. The average molecular weight is 243 g/mol. The SMILES string of the molecule is Cc1c(C(=O)O)n(C2CC2)c2ccccc2c1=O. The van der Waals surface area contributed by atoms with E-state index in [1.54, 1.807) is 19.1 Å². The molecular formula is C14H13NO3. The molecule has 92 valence electrons. The molecular weight excluding hydrogens is 230 g/mol. The van der Waals surface area contributed by atoms with Crippen LogP contribution in [0, 0.1) is 6.92 Å². The Hall–Kier alpha value is -2.10. The van der Waals surface area contributed by atoms with E-state index in [9.17, 15) is 14.7 Å². The second-order valence-corrected chi connectivity index (χ2v) is 4.73. The van der Waals surface area contributed by atoms with Crippen LogP contribution < -0.4 is 5.43 Å². The molecule has 1 aliphatic carbocycles. The van der Waals surface area contributed by atoms with E-state index >= 15 is 0 Å². The Morgan fingerprint density at radius 3 is 2.61 bits per heavy atom. The van der Waals surface area contributed by atoms with Crippen LogP contribution in [0.15, 0.2) is 29.1 Å². The first-order valence-electron chi connectivity index (χ1n) is 5.98. The fraction of sp³-hybridized carbons (Fsp3) is 0.286. The summed E-state index contributed by atoms with van der Waals surface area (Å²) in [5.74, 6) is -1.03. The first-order valence-corrected chi connectivity index (χ1v) is 5.98. The molecule has 18 heavy (non-hydrogen) atoms. The Morgan fingerprint density at radius 2 is 2.00 bits per heavy atom. The van der Waals surface area contributed by atoms with Crippen molar-refractivity contribution in [1.82, 2.24) is 4.57 Å². The number of hydrogen-bond acceptors (Lipinski definition) is 2. The third-order valence-corrected chi connectivity index (χ3v) is 3.46. The summed E-state index contributed by atoms with van der Waals surface area (Å²) >= 11 is 0. The summed E-state index contributed by atoms with van der Waals surface area (Å²) in [6, 6.07) is 7.44. The second kappa shape index (κ2) is 3.70. The molecule has 2 aromatic rings. The van der Waals surface area contributed by atoms with Gasteiger partial charge in [-0.3, -0.25) is 4.79 Å². The lowest BCUT2D eigenvalue weighted by molar-refractivity contribution is 0.0683. The molecule has 1 heterocycles. The van der Waals surface area contributed by atoms with E-state index in [0.717, 1.165) is 18.4 Å². The van der Waals surface area contributed by atoms with Crippen LogP contribution in [0.2, 0.25) is 0 Å². The van der Waals surface area contributed by atoms with Crippen molar-refractivity contribution in [1.29, 1.82) is 0 Å². The zero-order valence-electron chi connectivity index (χ0n) is 10.0. The van der Waals surface area contributed by atoms with Crippen LogP contribution in [0.1, 0.15) is 34.9 Å². The smallest absolute Gasteiger partial charge is 0.352 e. The van der Waals surface area contributed by atoms with Gasteiger partial charge in [-0.2, -0.15) is 0 Å². The molecule has 1 aromatic carbocycles. The molecule has 0 atom stereocenters. The molecule has 0 unspecified atom stereocenters. The molecule has 0 amide bonds. The molecule has 1 saturated carbocycles. The van der Waals surface area contributed by atoms with Crippen LogP contribution in [0.4, 0.5) is 0 Å². The molecule has 4 nitrogen and oxygen atoms in total. The van der Waals surface area contributed by atoms with E-state index < -0.39 is 5.97 Å². The summed E-state index contributed by atoms with van der Waals surface area (Å²) in [7, 11) is 0. The standard InChI is InChI=1S/C14H13NO3/c1-8-12(14(17)18)15(9-6-7-9)11-5-3-2-4-10(11)13(8)16/h2-5,9H,6-7H2,1H3,(H,17,18). The van der Waals surface area contributed by atoms with Gasteiger partial charge in [-0.15, -0.1) is 0 Å². The van der Waals surface area contributed by atoms with Crippen molar-refractivity contribution in [2.45, 2.75) is 25.8 Å². The van der Waals surface area contributed by atoms with Crippen LogP contribution in [-0.2, 0) is 0 Å². The predicted molar refractivity (Wildman–Crippen MR) is 68.2 cm³/mol. The van der Waals surface area contributed by atoms with Crippen molar-refractivity contribution >= 4 is 16.9 Å². The van der Waals surface area contributed by atoms with Crippen molar-refractivity contribution in [3.8, 4) is 0 Å². The van der Waals surface area contributed by atoms with Crippen molar-refractivity contribution in [2.75, 3.05) is 0 Å². The van der Waals surface area contributed by atoms with Gasteiger partial charge in [-0.1, -0.05) is 12.1 Å². The van der Waals surface area contributed by atoms with Gasteiger partial charge in [-0.25, -0.2) is 4.79 Å². The minimum Gasteiger partial charge on any atom is -0.477 e. The topological polar surface area (TPSA) is 59.3 Å². The fourth-order valence-electron chi connectivity index (χ4n) is 2.46. The van der Waals surface area contributed by atoms with Crippen LogP contribution in [-0.4, -0.2) is 15.6 Å². The summed E-state index contributed by atoms with van der Waals surface area (Å²) in [4.78, 5) is 23.6. The van der Waals surface area contributed by atoms with Gasteiger partial charge >= 0.3 is 5.97 Å².